The summed E-state index contributed by atoms with van der Waals surface area (Å²) in [7, 11) is 0. The summed E-state index contributed by atoms with van der Waals surface area (Å²) in [4.78, 5) is 4.26. The second-order valence-electron chi connectivity index (χ2n) is 3.72. The molecule has 1 heterocycles. The Labute approximate surface area is 103 Å². The summed E-state index contributed by atoms with van der Waals surface area (Å²) >= 11 is 3.44. The van der Waals surface area contributed by atoms with E-state index in [4.69, 9.17) is 5.11 Å². The summed E-state index contributed by atoms with van der Waals surface area (Å²) in [6.45, 7) is 4.07. The van der Waals surface area contributed by atoms with Gasteiger partial charge in [-0.3, -0.25) is 0 Å². The molecule has 84 valence electrons. The first-order valence-electron chi connectivity index (χ1n) is 5.03. The number of nitrogens with zero attached hydrogens (tertiary/aromatic N) is 2. The Morgan fingerprint density at radius 3 is 2.62 bits per heavy atom. The predicted octanol–water partition coefficient (Wildman–Crippen LogP) is 2.74. The van der Waals surface area contributed by atoms with Crippen molar-refractivity contribution in [3.8, 4) is 5.69 Å². The molecule has 0 saturated heterocycles. The van der Waals surface area contributed by atoms with Crippen LogP contribution >= 0.6 is 15.9 Å². The van der Waals surface area contributed by atoms with Crippen LogP contribution in [0.3, 0.4) is 0 Å². The van der Waals surface area contributed by atoms with Crippen molar-refractivity contribution in [1.82, 2.24) is 9.55 Å². The summed E-state index contributed by atoms with van der Waals surface area (Å²) < 4.78 is 2.94. The van der Waals surface area contributed by atoms with E-state index in [1.165, 1.54) is 0 Å². The van der Waals surface area contributed by atoms with Crippen LogP contribution in [0.25, 0.3) is 5.69 Å². The maximum Gasteiger partial charge on any atom is 0.0997 e. The van der Waals surface area contributed by atoms with E-state index in [1.54, 1.807) is 0 Å². The molecule has 0 fully saturated rings. The van der Waals surface area contributed by atoms with Crippen molar-refractivity contribution in [2.75, 3.05) is 0 Å². The number of aromatic nitrogens is 2. The Morgan fingerprint density at radius 1 is 1.38 bits per heavy atom. The lowest BCUT2D eigenvalue weighted by molar-refractivity contribution is 0.281. The largest absolute Gasteiger partial charge is 0.392 e. The number of benzene rings is 1. The average molecular weight is 281 g/mol. The Kier molecular flexibility index (Phi) is 3.12. The lowest BCUT2D eigenvalue weighted by atomic mass is 10.2. The monoisotopic (exact) mass is 280 g/mol. The molecule has 1 aromatic heterocycles. The standard InChI is InChI=1S/C12H13BrN2O/c1-8-9(2)15(7-14-8)11-4-3-10(6-16)12(13)5-11/h3-5,7,16H,6H2,1-2H3. The molecular weight excluding hydrogens is 268 g/mol. The average Bonchev–Trinajstić information content (AvgIpc) is 2.60. The molecule has 2 aromatic rings. The van der Waals surface area contributed by atoms with Crippen molar-refractivity contribution in [2.24, 2.45) is 0 Å². The number of hydrogen-bond donors (Lipinski definition) is 1. The normalized spacial score (nSPS) is 10.8. The molecule has 16 heavy (non-hydrogen) atoms. The Bertz CT molecular complexity index is 520. The summed E-state index contributed by atoms with van der Waals surface area (Å²) in [5, 5.41) is 9.09. The van der Waals surface area contributed by atoms with Crippen LogP contribution in [0, 0.1) is 13.8 Å². The van der Waals surface area contributed by atoms with E-state index in [9.17, 15) is 0 Å². The van der Waals surface area contributed by atoms with Gasteiger partial charge in [-0.05, 0) is 31.5 Å². The second-order valence-corrected chi connectivity index (χ2v) is 4.57. The number of imidazole rings is 1. The predicted molar refractivity (Wildman–Crippen MR) is 66.7 cm³/mol. The fourth-order valence-electron chi connectivity index (χ4n) is 1.57. The highest BCUT2D eigenvalue weighted by Crippen LogP contribution is 2.22. The summed E-state index contributed by atoms with van der Waals surface area (Å²) in [5.41, 5.74) is 4.09. The Balaban J connectivity index is 2.49. The molecule has 0 bridgehead atoms. The van der Waals surface area contributed by atoms with Gasteiger partial charge in [0.05, 0.1) is 18.6 Å². The van der Waals surface area contributed by atoms with E-state index in [2.05, 4.69) is 20.9 Å². The highest BCUT2D eigenvalue weighted by atomic mass is 79.9. The third-order valence-corrected chi connectivity index (χ3v) is 3.48. The molecule has 2 rings (SSSR count). The lowest BCUT2D eigenvalue weighted by Crippen LogP contribution is -1.96. The van der Waals surface area contributed by atoms with Crippen molar-refractivity contribution >= 4 is 15.9 Å². The highest BCUT2D eigenvalue weighted by molar-refractivity contribution is 9.10. The molecule has 3 nitrogen and oxygen atoms in total. The maximum absolute atomic E-state index is 9.09. The van der Waals surface area contributed by atoms with Crippen LogP contribution in [-0.2, 0) is 6.61 Å². The number of aliphatic hydroxyl groups is 1. The molecule has 0 atom stereocenters. The minimum Gasteiger partial charge on any atom is -0.392 e. The van der Waals surface area contributed by atoms with Gasteiger partial charge in [0.1, 0.15) is 0 Å². The molecular formula is C12H13BrN2O. The molecule has 1 aromatic carbocycles. The second kappa shape index (κ2) is 4.39. The summed E-state index contributed by atoms with van der Waals surface area (Å²) in [5.74, 6) is 0. The van der Waals surface area contributed by atoms with E-state index in [0.717, 1.165) is 27.1 Å². The van der Waals surface area contributed by atoms with Crippen LogP contribution in [0.4, 0.5) is 0 Å². The van der Waals surface area contributed by atoms with Crippen molar-refractivity contribution in [3.05, 3.63) is 46.0 Å². The van der Waals surface area contributed by atoms with Gasteiger partial charge in [-0.2, -0.15) is 0 Å². The van der Waals surface area contributed by atoms with Gasteiger partial charge >= 0.3 is 0 Å². The molecule has 0 spiro atoms. The fraction of sp³-hybridized carbons (Fsp3) is 0.250. The number of halogens is 1. The lowest BCUT2D eigenvalue weighted by Gasteiger charge is -2.08. The third-order valence-electron chi connectivity index (χ3n) is 2.74. The van der Waals surface area contributed by atoms with Gasteiger partial charge < -0.3 is 9.67 Å². The van der Waals surface area contributed by atoms with Gasteiger partial charge in [-0.1, -0.05) is 22.0 Å². The Morgan fingerprint density at radius 2 is 2.12 bits per heavy atom. The van der Waals surface area contributed by atoms with Crippen LogP contribution in [0.5, 0.6) is 0 Å². The number of rotatable bonds is 2. The van der Waals surface area contributed by atoms with Crippen LogP contribution in [0.15, 0.2) is 29.0 Å². The summed E-state index contributed by atoms with van der Waals surface area (Å²) in [6, 6.07) is 5.87. The van der Waals surface area contributed by atoms with Gasteiger partial charge in [0.25, 0.3) is 0 Å². The maximum atomic E-state index is 9.09. The SMILES string of the molecule is Cc1ncn(-c2ccc(CO)c(Br)c2)c1C. The molecule has 0 aliphatic carbocycles. The molecule has 0 amide bonds. The van der Waals surface area contributed by atoms with E-state index in [0.29, 0.717) is 0 Å². The first kappa shape index (κ1) is 11.4. The molecule has 4 heteroatoms. The van der Waals surface area contributed by atoms with E-state index in [1.807, 2.05) is 42.9 Å². The van der Waals surface area contributed by atoms with Gasteiger partial charge in [0, 0.05) is 15.9 Å². The van der Waals surface area contributed by atoms with Gasteiger partial charge in [-0.25, -0.2) is 4.98 Å². The first-order valence-corrected chi connectivity index (χ1v) is 5.83. The van der Waals surface area contributed by atoms with Gasteiger partial charge in [0.2, 0.25) is 0 Å². The minimum absolute atomic E-state index is 0.0444. The van der Waals surface area contributed by atoms with Gasteiger partial charge in [0.15, 0.2) is 0 Å². The Hall–Kier alpha value is -1.13. The van der Waals surface area contributed by atoms with Crippen molar-refractivity contribution in [3.63, 3.8) is 0 Å². The van der Waals surface area contributed by atoms with Crippen LogP contribution in [0.2, 0.25) is 0 Å². The molecule has 0 saturated carbocycles. The van der Waals surface area contributed by atoms with Gasteiger partial charge in [-0.15, -0.1) is 0 Å². The fourth-order valence-corrected chi connectivity index (χ4v) is 2.07. The number of aryl methyl sites for hydroxylation is 1. The molecule has 0 aliphatic heterocycles. The van der Waals surface area contributed by atoms with Crippen LogP contribution < -0.4 is 0 Å². The highest BCUT2D eigenvalue weighted by Gasteiger charge is 2.06. The zero-order valence-electron chi connectivity index (χ0n) is 9.24. The smallest absolute Gasteiger partial charge is 0.0997 e. The summed E-state index contributed by atoms with van der Waals surface area (Å²) in [6.07, 6.45) is 1.81. The van der Waals surface area contributed by atoms with E-state index in [-0.39, 0.29) is 6.61 Å². The van der Waals surface area contributed by atoms with Crippen LogP contribution in [0.1, 0.15) is 17.0 Å². The minimum atomic E-state index is 0.0444. The van der Waals surface area contributed by atoms with Crippen LogP contribution in [-0.4, -0.2) is 14.7 Å². The molecule has 0 aliphatic rings. The quantitative estimate of drug-likeness (QED) is 0.919. The topological polar surface area (TPSA) is 38.0 Å². The number of aliphatic hydroxyl groups excluding tert-OH is 1. The van der Waals surface area contributed by atoms with Crippen molar-refractivity contribution in [2.45, 2.75) is 20.5 Å². The third kappa shape index (κ3) is 1.90. The molecule has 1 N–H and O–H groups in total. The molecule has 0 unspecified atom stereocenters. The van der Waals surface area contributed by atoms with Crippen molar-refractivity contribution < 1.29 is 5.11 Å². The zero-order chi connectivity index (χ0) is 11.7. The molecule has 0 radical (unpaired) electrons. The van der Waals surface area contributed by atoms with E-state index >= 15 is 0 Å². The van der Waals surface area contributed by atoms with Crippen molar-refractivity contribution in [1.29, 1.82) is 0 Å². The zero-order valence-corrected chi connectivity index (χ0v) is 10.8. The first-order chi connectivity index (χ1) is 7.63. The number of hydrogen-bond acceptors (Lipinski definition) is 2. The van der Waals surface area contributed by atoms with E-state index < -0.39 is 0 Å².